The van der Waals surface area contributed by atoms with E-state index in [4.69, 9.17) is 19.9 Å². The van der Waals surface area contributed by atoms with Crippen LogP contribution in [0.5, 0.6) is 0 Å². The van der Waals surface area contributed by atoms with E-state index in [1.807, 2.05) is 0 Å². The number of hydrogen-bond donors (Lipinski definition) is 3. The van der Waals surface area contributed by atoms with Crippen molar-refractivity contribution in [3.63, 3.8) is 0 Å². The van der Waals surface area contributed by atoms with Crippen LogP contribution in [-0.2, 0) is 44.7 Å². The highest BCUT2D eigenvalue weighted by atomic mass is 16.6. The van der Waals surface area contributed by atoms with Gasteiger partial charge in [0.2, 0.25) is 5.91 Å². The molecule has 0 spiro atoms. The van der Waals surface area contributed by atoms with E-state index >= 15 is 0 Å². The zero-order valence-electron chi connectivity index (χ0n) is 31.3. The number of alkyl carbamates (subject to hydrolysis) is 1. The van der Waals surface area contributed by atoms with E-state index in [2.05, 4.69) is 10.6 Å². The Kier molecular flexibility index (Phi) is 12.3. The zero-order chi connectivity index (χ0) is 39.4. The molecule has 3 rings (SSSR count). The first-order valence-electron chi connectivity index (χ1n) is 16.7. The predicted molar refractivity (Wildman–Crippen MR) is 189 cm³/mol. The van der Waals surface area contributed by atoms with E-state index < -0.39 is 82.6 Å². The molecule has 1 aliphatic rings. The number of Topliss-reactive ketones (excluding diaryl/α,β-unsaturated/α-hetero) is 1. The first kappa shape index (κ1) is 41.1. The molecule has 15 heteroatoms. The molecule has 52 heavy (non-hydrogen) atoms. The van der Waals surface area contributed by atoms with Gasteiger partial charge in [0.15, 0.2) is 5.78 Å². The van der Waals surface area contributed by atoms with Gasteiger partial charge in [0.05, 0.1) is 12.5 Å². The molecule has 5 amide bonds. The molecule has 1 saturated heterocycles. The minimum absolute atomic E-state index is 0.0933. The Hall–Kier alpha value is -5.31. The Morgan fingerprint density at radius 1 is 0.827 bits per heavy atom. The molecular weight excluding hydrogens is 674 g/mol. The van der Waals surface area contributed by atoms with Crippen molar-refractivity contribution in [1.29, 1.82) is 0 Å². The molecule has 15 nitrogen and oxygen atoms in total. The van der Waals surface area contributed by atoms with Gasteiger partial charge in [-0.05, 0) is 92.5 Å². The first-order chi connectivity index (χ1) is 23.9. The number of esters is 2. The summed E-state index contributed by atoms with van der Waals surface area (Å²) in [6, 6.07) is 9.34. The summed E-state index contributed by atoms with van der Waals surface area (Å²) in [4.78, 5) is 97.2. The van der Waals surface area contributed by atoms with E-state index in [9.17, 15) is 33.6 Å². The third-order valence-corrected chi connectivity index (χ3v) is 7.27. The molecule has 2 aromatic carbocycles. The summed E-state index contributed by atoms with van der Waals surface area (Å²) in [6.45, 7) is 15.6. The molecule has 1 aliphatic heterocycles. The Bertz CT molecular complexity index is 1690. The maximum absolute atomic E-state index is 14.5. The fraction of sp³-hybridized carbons (Fsp3) is 0.486. The predicted octanol–water partition coefficient (Wildman–Crippen LogP) is 4.02. The third kappa shape index (κ3) is 9.93. The average molecular weight is 724 g/mol. The fourth-order valence-corrected chi connectivity index (χ4v) is 5.28. The van der Waals surface area contributed by atoms with E-state index in [1.54, 1.807) is 59.7 Å². The highest BCUT2D eigenvalue weighted by Gasteiger charge is 2.65. The number of carbonyl (C=O) groups is 7. The molecule has 0 bridgehead atoms. The average Bonchev–Trinajstić information content (AvgIpc) is 3.29. The number of nitrogens with zero attached hydrogens (tertiary/aromatic N) is 2. The number of hydrogen-bond acceptors (Lipinski definition) is 11. The maximum Gasteiger partial charge on any atom is 0.407 e. The van der Waals surface area contributed by atoms with Crippen molar-refractivity contribution < 1.29 is 47.8 Å². The van der Waals surface area contributed by atoms with Crippen molar-refractivity contribution in [2.75, 3.05) is 4.90 Å². The molecule has 0 saturated carbocycles. The minimum Gasteiger partial charge on any atom is -0.460 e. The van der Waals surface area contributed by atoms with Gasteiger partial charge in [-0.25, -0.2) is 19.3 Å². The van der Waals surface area contributed by atoms with Crippen LogP contribution in [0.3, 0.4) is 0 Å². The van der Waals surface area contributed by atoms with Gasteiger partial charge in [-0.3, -0.25) is 24.1 Å². The summed E-state index contributed by atoms with van der Waals surface area (Å²) in [6.07, 6.45) is -1.30. The van der Waals surface area contributed by atoms with Gasteiger partial charge in [0, 0.05) is 12.2 Å². The number of ketones is 1. The van der Waals surface area contributed by atoms with Crippen molar-refractivity contribution in [2.45, 2.75) is 117 Å². The summed E-state index contributed by atoms with van der Waals surface area (Å²) >= 11 is 0. The number of benzene rings is 2. The minimum atomic E-state index is -3.07. The fourth-order valence-electron chi connectivity index (χ4n) is 5.28. The summed E-state index contributed by atoms with van der Waals surface area (Å²) < 4.78 is 16.3. The molecule has 3 atom stereocenters. The Morgan fingerprint density at radius 2 is 1.37 bits per heavy atom. The highest BCUT2D eigenvalue weighted by molar-refractivity contribution is 6.23. The molecular formula is C37H49N5O10. The van der Waals surface area contributed by atoms with Crippen molar-refractivity contribution >= 4 is 47.3 Å². The Balaban J connectivity index is 2.14. The molecule has 282 valence electrons. The van der Waals surface area contributed by atoms with E-state index in [0.717, 1.165) is 6.92 Å². The van der Waals surface area contributed by atoms with Crippen LogP contribution >= 0.6 is 0 Å². The van der Waals surface area contributed by atoms with Crippen LogP contribution in [0, 0.1) is 0 Å². The number of para-hydroxylation sites is 1. The smallest absolute Gasteiger partial charge is 0.407 e. The van der Waals surface area contributed by atoms with Gasteiger partial charge in [-0.15, -0.1) is 0 Å². The number of nitrogens with one attached hydrogen (secondary N) is 2. The quantitative estimate of drug-likeness (QED) is 0.131. The third-order valence-electron chi connectivity index (χ3n) is 7.27. The molecule has 1 heterocycles. The monoisotopic (exact) mass is 723 g/mol. The van der Waals surface area contributed by atoms with Crippen molar-refractivity contribution in [3.05, 3.63) is 65.7 Å². The molecule has 0 aliphatic carbocycles. The largest absolute Gasteiger partial charge is 0.460 e. The number of nitrogens with two attached hydrogens (primary N) is 1. The van der Waals surface area contributed by atoms with Crippen LogP contribution in [0.15, 0.2) is 54.6 Å². The van der Waals surface area contributed by atoms with E-state index in [0.29, 0.717) is 15.4 Å². The number of imide groups is 1. The van der Waals surface area contributed by atoms with Gasteiger partial charge in [0.25, 0.3) is 11.6 Å². The maximum atomic E-state index is 14.5. The lowest BCUT2D eigenvalue weighted by Gasteiger charge is -2.45. The lowest BCUT2D eigenvalue weighted by Crippen LogP contribution is -2.75. The lowest BCUT2D eigenvalue weighted by atomic mass is 9.96. The van der Waals surface area contributed by atoms with Crippen molar-refractivity contribution in [2.24, 2.45) is 5.73 Å². The summed E-state index contributed by atoms with van der Waals surface area (Å²) in [5.74, 6) is -5.59. The standard InChI is InChI=1S/C37H49N5O10/c1-22(43)37(31(47)51-35(5,6)7,41(25-14-12-11-13-15-25)29(45)26(38)20-27(44)50-34(2,3)4)42-30(46)28(40-32(42)48)24-18-16-23(17-19-24)21-39-33(49)52-36(8,9)10/h11-19,26,28H,20-21,38H2,1-10H3,(H,39,49)(H,40,48)/t26-,28+,37+/m0/s1. The Labute approximate surface area is 303 Å². The summed E-state index contributed by atoms with van der Waals surface area (Å²) in [7, 11) is 0. The van der Waals surface area contributed by atoms with Crippen LogP contribution in [0.4, 0.5) is 15.3 Å². The van der Waals surface area contributed by atoms with Gasteiger partial charge in [0.1, 0.15) is 22.8 Å². The number of amides is 5. The van der Waals surface area contributed by atoms with Crippen LogP contribution in [-0.4, -0.2) is 75.1 Å². The number of rotatable bonds is 11. The molecule has 4 N–H and O–H groups in total. The van der Waals surface area contributed by atoms with Crippen LogP contribution in [0.2, 0.25) is 0 Å². The lowest BCUT2D eigenvalue weighted by molar-refractivity contribution is -0.174. The van der Waals surface area contributed by atoms with Gasteiger partial charge in [-0.1, -0.05) is 42.5 Å². The SMILES string of the molecule is CC(=O)[C@](C(=O)OC(C)(C)C)(N1C(=O)N[C@H](c2ccc(CNC(=O)OC(C)(C)C)cc2)C1=O)N(C(=O)[C@@H](N)CC(=O)OC(C)(C)C)c1ccccc1. The van der Waals surface area contributed by atoms with Gasteiger partial charge >= 0.3 is 24.1 Å². The van der Waals surface area contributed by atoms with Crippen molar-refractivity contribution in [1.82, 2.24) is 15.5 Å². The number of anilines is 1. The van der Waals surface area contributed by atoms with Crippen molar-refractivity contribution in [3.8, 4) is 0 Å². The molecule has 0 unspecified atom stereocenters. The van der Waals surface area contributed by atoms with Gasteiger partial charge < -0.3 is 30.6 Å². The van der Waals surface area contributed by atoms with Crippen LogP contribution in [0.1, 0.15) is 92.8 Å². The topological polar surface area (TPSA) is 204 Å². The molecule has 2 aromatic rings. The second kappa shape index (κ2) is 15.5. The second-order valence-electron chi connectivity index (χ2n) is 15.3. The van der Waals surface area contributed by atoms with Gasteiger partial charge in [-0.2, -0.15) is 0 Å². The molecule has 1 fully saturated rings. The summed E-state index contributed by atoms with van der Waals surface area (Å²) in [5.41, 5.74) is 1.13. The normalized spacial score (nSPS) is 16.6. The highest BCUT2D eigenvalue weighted by Crippen LogP contribution is 2.37. The van der Waals surface area contributed by atoms with E-state index in [-0.39, 0.29) is 17.8 Å². The molecule has 0 aromatic heterocycles. The number of ether oxygens (including phenoxy) is 3. The Morgan fingerprint density at radius 3 is 1.87 bits per heavy atom. The second-order valence-corrected chi connectivity index (χ2v) is 15.3. The van der Waals surface area contributed by atoms with E-state index in [1.165, 1.54) is 57.2 Å². The van der Waals surface area contributed by atoms with Crippen LogP contribution < -0.4 is 21.3 Å². The number of urea groups is 1. The zero-order valence-corrected chi connectivity index (χ0v) is 31.3. The first-order valence-corrected chi connectivity index (χ1v) is 16.7. The molecule has 0 radical (unpaired) electrons. The van der Waals surface area contributed by atoms with Crippen LogP contribution in [0.25, 0.3) is 0 Å². The number of carbonyl (C=O) groups excluding carboxylic acids is 7. The summed E-state index contributed by atoms with van der Waals surface area (Å²) in [5, 5.41) is 5.15.